The molecule has 1 N–H and O–H groups in total. The summed E-state index contributed by atoms with van der Waals surface area (Å²) in [5.74, 6) is -0.312. The van der Waals surface area contributed by atoms with E-state index < -0.39 is 0 Å². The number of fused-ring (bicyclic) bond motifs is 1. The number of hydrogen-bond acceptors (Lipinski definition) is 3. The maximum absolute atomic E-state index is 13.6. The number of rotatable bonds is 2. The second-order valence-electron chi connectivity index (χ2n) is 6.23. The molecule has 2 heterocycles. The van der Waals surface area contributed by atoms with Crippen LogP contribution in [0.4, 0.5) is 10.1 Å². The third-order valence-electron chi connectivity index (χ3n) is 4.61. The Balaban J connectivity index is 1.67. The van der Waals surface area contributed by atoms with Gasteiger partial charge in [-0.3, -0.25) is 9.59 Å². The fourth-order valence-corrected chi connectivity index (χ4v) is 3.51. The van der Waals surface area contributed by atoms with Crippen molar-refractivity contribution in [3.8, 4) is 5.75 Å². The molecular formula is C19H17FN2O3. The first-order valence-corrected chi connectivity index (χ1v) is 8.25. The van der Waals surface area contributed by atoms with Crippen molar-refractivity contribution in [1.29, 1.82) is 0 Å². The number of halogens is 1. The van der Waals surface area contributed by atoms with Gasteiger partial charge in [-0.2, -0.15) is 0 Å². The summed E-state index contributed by atoms with van der Waals surface area (Å²) < 4.78 is 19.1. The van der Waals surface area contributed by atoms with Crippen LogP contribution in [0.2, 0.25) is 0 Å². The summed E-state index contributed by atoms with van der Waals surface area (Å²) in [6.45, 7) is 0.501. The highest BCUT2D eigenvalue weighted by Crippen LogP contribution is 2.37. The van der Waals surface area contributed by atoms with Crippen molar-refractivity contribution in [2.75, 3.05) is 18.5 Å². The standard InChI is InChI=1S/C19H17FN2O3/c20-13-5-1-4-12(10-13)16-8-3-9-22(16)19(24)14-6-2-7-15-18(14)25-11-17(23)21-15/h1-2,4-7,10,16H,3,8-9,11H2,(H,21,23)/t16-/m1/s1. The molecule has 1 saturated heterocycles. The van der Waals surface area contributed by atoms with Gasteiger partial charge in [0.1, 0.15) is 5.82 Å². The van der Waals surface area contributed by atoms with E-state index in [0.29, 0.717) is 23.5 Å². The minimum absolute atomic E-state index is 0.107. The van der Waals surface area contributed by atoms with Gasteiger partial charge in [-0.25, -0.2) is 4.39 Å². The van der Waals surface area contributed by atoms with E-state index in [-0.39, 0.29) is 30.3 Å². The Morgan fingerprint density at radius 1 is 1.24 bits per heavy atom. The lowest BCUT2D eigenvalue weighted by Gasteiger charge is -2.27. The first-order valence-electron chi connectivity index (χ1n) is 8.25. The second kappa shape index (κ2) is 6.20. The molecule has 0 aliphatic carbocycles. The Bertz CT molecular complexity index is 852. The summed E-state index contributed by atoms with van der Waals surface area (Å²) in [5, 5.41) is 2.71. The molecule has 1 atom stereocenters. The third kappa shape index (κ3) is 2.84. The number of anilines is 1. The molecule has 2 aromatic rings. The van der Waals surface area contributed by atoms with E-state index in [1.807, 2.05) is 6.07 Å². The lowest BCUT2D eigenvalue weighted by molar-refractivity contribution is -0.118. The summed E-state index contributed by atoms with van der Waals surface area (Å²) in [6, 6.07) is 11.3. The average Bonchev–Trinajstić information content (AvgIpc) is 3.10. The third-order valence-corrected chi connectivity index (χ3v) is 4.61. The molecule has 2 amide bonds. The number of hydrogen-bond donors (Lipinski definition) is 1. The first-order chi connectivity index (χ1) is 12.1. The maximum atomic E-state index is 13.6. The SMILES string of the molecule is O=C1COc2c(cccc2C(=O)N2CCC[C@@H]2c2cccc(F)c2)N1. The molecule has 25 heavy (non-hydrogen) atoms. The van der Waals surface area contributed by atoms with Gasteiger partial charge < -0.3 is 15.0 Å². The number of ether oxygens (including phenoxy) is 1. The molecular weight excluding hydrogens is 323 g/mol. The number of amides is 2. The van der Waals surface area contributed by atoms with E-state index in [9.17, 15) is 14.0 Å². The highest BCUT2D eigenvalue weighted by atomic mass is 19.1. The van der Waals surface area contributed by atoms with Gasteiger partial charge in [-0.15, -0.1) is 0 Å². The Morgan fingerprint density at radius 3 is 2.92 bits per heavy atom. The van der Waals surface area contributed by atoms with Crippen LogP contribution >= 0.6 is 0 Å². The minimum Gasteiger partial charge on any atom is -0.481 e. The van der Waals surface area contributed by atoms with Crippen molar-refractivity contribution in [3.05, 3.63) is 59.4 Å². The highest BCUT2D eigenvalue weighted by Gasteiger charge is 2.33. The Labute approximate surface area is 144 Å². The van der Waals surface area contributed by atoms with Crippen LogP contribution in [0.1, 0.15) is 34.8 Å². The summed E-state index contributed by atoms with van der Waals surface area (Å²) in [7, 11) is 0. The van der Waals surface area contributed by atoms with Gasteiger partial charge in [0.05, 0.1) is 17.3 Å². The monoisotopic (exact) mass is 340 g/mol. The molecule has 0 spiro atoms. The molecule has 0 radical (unpaired) electrons. The second-order valence-corrected chi connectivity index (χ2v) is 6.23. The van der Waals surface area contributed by atoms with Crippen LogP contribution in [0.25, 0.3) is 0 Å². The van der Waals surface area contributed by atoms with E-state index in [4.69, 9.17) is 4.74 Å². The van der Waals surface area contributed by atoms with Crippen molar-refractivity contribution < 1.29 is 18.7 Å². The number of nitrogens with zero attached hydrogens (tertiary/aromatic N) is 1. The van der Waals surface area contributed by atoms with Gasteiger partial charge in [-0.05, 0) is 42.7 Å². The lowest BCUT2D eigenvalue weighted by Crippen LogP contribution is -2.32. The summed E-state index contributed by atoms with van der Waals surface area (Å²) in [6.07, 6.45) is 1.65. The summed E-state index contributed by atoms with van der Waals surface area (Å²) >= 11 is 0. The van der Waals surface area contributed by atoms with Crippen molar-refractivity contribution >= 4 is 17.5 Å². The molecule has 4 rings (SSSR count). The summed E-state index contributed by atoms with van der Waals surface area (Å²) in [4.78, 5) is 26.3. The Hall–Kier alpha value is -2.89. The molecule has 0 bridgehead atoms. The van der Waals surface area contributed by atoms with Crippen molar-refractivity contribution in [2.45, 2.75) is 18.9 Å². The van der Waals surface area contributed by atoms with E-state index in [1.54, 1.807) is 29.2 Å². The van der Waals surface area contributed by atoms with Crippen molar-refractivity contribution in [3.63, 3.8) is 0 Å². The number of carbonyl (C=O) groups excluding carboxylic acids is 2. The predicted octanol–water partition coefficient (Wildman–Crippen LogP) is 3.13. The fourth-order valence-electron chi connectivity index (χ4n) is 3.51. The minimum atomic E-state index is -0.306. The molecule has 0 unspecified atom stereocenters. The van der Waals surface area contributed by atoms with Gasteiger partial charge in [0.2, 0.25) is 0 Å². The van der Waals surface area contributed by atoms with Gasteiger partial charge in [0, 0.05) is 6.54 Å². The van der Waals surface area contributed by atoms with Crippen LogP contribution in [-0.2, 0) is 4.79 Å². The van der Waals surface area contributed by atoms with Crippen LogP contribution in [0.3, 0.4) is 0 Å². The zero-order chi connectivity index (χ0) is 17.4. The number of nitrogens with one attached hydrogen (secondary N) is 1. The number of benzene rings is 2. The molecule has 2 aliphatic heterocycles. The maximum Gasteiger partial charge on any atom is 0.262 e. The Morgan fingerprint density at radius 2 is 2.08 bits per heavy atom. The molecule has 0 aromatic heterocycles. The van der Waals surface area contributed by atoms with Crippen LogP contribution in [0, 0.1) is 5.82 Å². The normalized spacial score (nSPS) is 19.2. The number of carbonyl (C=O) groups is 2. The first kappa shape index (κ1) is 15.6. The molecule has 0 saturated carbocycles. The highest BCUT2D eigenvalue weighted by molar-refractivity contribution is 6.03. The van der Waals surface area contributed by atoms with E-state index in [2.05, 4.69) is 5.32 Å². The quantitative estimate of drug-likeness (QED) is 0.914. The molecule has 1 fully saturated rings. The predicted molar refractivity (Wildman–Crippen MR) is 90.0 cm³/mol. The number of para-hydroxylation sites is 1. The van der Waals surface area contributed by atoms with Crippen LogP contribution < -0.4 is 10.1 Å². The van der Waals surface area contributed by atoms with Crippen LogP contribution in [0.15, 0.2) is 42.5 Å². The van der Waals surface area contributed by atoms with Crippen molar-refractivity contribution in [1.82, 2.24) is 4.90 Å². The van der Waals surface area contributed by atoms with E-state index in [1.165, 1.54) is 12.1 Å². The molecule has 6 heteroatoms. The van der Waals surface area contributed by atoms with Crippen molar-refractivity contribution in [2.24, 2.45) is 0 Å². The van der Waals surface area contributed by atoms with Gasteiger partial charge in [0.25, 0.3) is 11.8 Å². The smallest absolute Gasteiger partial charge is 0.262 e. The lowest BCUT2D eigenvalue weighted by atomic mass is 10.0. The largest absolute Gasteiger partial charge is 0.481 e. The number of likely N-dealkylation sites (tertiary alicyclic amines) is 1. The van der Waals surface area contributed by atoms with Gasteiger partial charge >= 0.3 is 0 Å². The fraction of sp³-hybridized carbons (Fsp3) is 0.263. The molecule has 2 aliphatic rings. The van der Waals surface area contributed by atoms with Crippen LogP contribution in [0.5, 0.6) is 5.75 Å². The van der Waals surface area contributed by atoms with Gasteiger partial charge in [0.15, 0.2) is 12.4 Å². The topological polar surface area (TPSA) is 58.6 Å². The average molecular weight is 340 g/mol. The van der Waals surface area contributed by atoms with E-state index >= 15 is 0 Å². The van der Waals surface area contributed by atoms with Crippen LogP contribution in [-0.4, -0.2) is 29.9 Å². The van der Waals surface area contributed by atoms with E-state index in [0.717, 1.165) is 18.4 Å². The van der Waals surface area contributed by atoms with Gasteiger partial charge in [-0.1, -0.05) is 18.2 Å². The zero-order valence-electron chi connectivity index (χ0n) is 13.5. The molecule has 128 valence electrons. The Kier molecular flexibility index (Phi) is 3.87. The summed E-state index contributed by atoms with van der Waals surface area (Å²) in [5.41, 5.74) is 1.72. The molecule has 2 aromatic carbocycles. The zero-order valence-corrected chi connectivity index (χ0v) is 13.5. The molecule has 5 nitrogen and oxygen atoms in total.